The van der Waals surface area contributed by atoms with E-state index in [0.29, 0.717) is 16.4 Å². The van der Waals surface area contributed by atoms with Crippen LogP contribution in [-0.2, 0) is 9.59 Å². The van der Waals surface area contributed by atoms with Gasteiger partial charge in [0.15, 0.2) is 5.13 Å². The Labute approximate surface area is 178 Å². The van der Waals surface area contributed by atoms with Gasteiger partial charge in [-0.25, -0.2) is 4.98 Å². The lowest BCUT2D eigenvalue weighted by molar-refractivity contribution is -0.116. The van der Waals surface area contributed by atoms with Crippen molar-refractivity contribution in [1.29, 1.82) is 0 Å². The maximum atomic E-state index is 12.3. The minimum Gasteiger partial charge on any atom is -0.349 e. The Balaban J connectivity index is 1.53. The quantitative estimate of drug-likeness (QED) is 0.537. The van der Waals surface area contributed by atoms with E-state index in [9.17, 15) is 14.4 Å². The molecule has 3 aromatic rings. The van der Waals surface area contributed by atoms with Crippen LogP contribution >= 0.6 is 11.3 Å². The third-order valence-electron chi connectivity index (χ3n) is 4.16. The van der Waals surface area contributed by atoms with Crippen molar-refractivity contribution < 1.29 is 14.4 Å². The van der Waals surface area contributed by atoms with Crippen molar-refractivity contribution in [2.24, 2.45) is 0 Å². The highest BCUT2D eigenvalue weighted by Crippen LogP contribution is 2.26. The molecule has 1 atom stereocenters. The van der Waals surface area contributed by atoms with E-state index < -0.39 is 0 Å². The third-order valence-corrected chi connectivity index (χ3v) is 4.91. The number of aromatic nitrogens is 1. The van der Waals surface area contributed by atoms with Crippen LogP contribution in [0.3, 0.4) is 0 Å². The lowest BCUT2D eigenvalue weighted by Crippen LogP contribution is -2.35. The molecular formula is C22H22N4O3S. The largest absolute Gasteiger partial charge is 0.349 e. The molecule has 1 aromatic heterocycles. The highest BCUT2D eigenvalue weighted by Gasteiger charge is 2.14. The molecule has 3 rings (SSSR count). The first kappa shape index (κ1) is 21.2. The molecule has 154 valence electrons. The Morgan fingerprint density at radius 1 is 1.00 bits per heavy atom. The van der Waals surface area contributed by atoms with Crippen molar-refractivity contribution in [3.63, 3.8) is 0 Å². The molecule has 0 bridgehead atoms. The number of thiazole rings is 1. The van der Waals surface area contributed by atoms with Crippen molar-refractivity contribution in [3.05, 3.63) is 65.5 Å². The molecule has 0 aliphatic carbocycles. The van der Waals surface area contributed by atoms with Crippen LogP contribution in [0.4, 0.5) is 10.8 Å². The number of carbonyl (C=O) groups is 3. The Morgan fingerprint density at radius 3 is 2.37 bits per heavy atom. The SMILES string of the molecule is CC(=O)Nc1ccc(-c2csc(NC(=O)CC(C)NC(=O)c3ccccc3)n2)cc1. The maximum Gasteiger partial charge on any atom is 0.251 e. The Hall–Kier alpha value is -3.52. The number of amides is 3. The van der Waals surface area contributed by atoms with E-state index in [1.807, 2.05) is 23.6 Å². The zero-order valence-corrected chi connectivity index (χ0v) is 17.5. The number of nitrogens with zero attached hydrogens (tertiary/aromatic N) is 1. The minimum absolute atomic E-state index is 0.129. The van der Waals surface area contributed by atoms with Crippen LogP contribution < -0.4 is 16.0 Å². The molecule has 0 saturated carbocycles. The van der Waals surface area contributed by atoms with Crippen molar-refractivity contribution in [2.45, 2.75) is 26.3 Å². The van der Waals surface area contributed by atoms with Crippen LogP contribution in [0.25, 0.3) is 11.3 Å². The van der Waals surface area contributed by atoms with E-state index in [0.717, 1.165) is 11.3 Å². The molecule has 3 N–H and O–H groups in total. The van der Waals surface area contributed by atoms with Gasteiger partial charge in [-0.05, 0) is 31.2 Å². The van der Waals surface area contributed by atoms with Gasteiger partial charge in [0, 0.05) is 41.6 Å². The summed E-state index contributed by atoms with van der Waals surface area (Å²) in [6.07, 6.45) is 0.138. The summed E-state index contributed by atoms with van der Waals surface area (Å²) in [6, 6.07) is 15.9. The van der Waals surface area contributed by atoms with Crippen LogP contribution in [0.15, 0.2) is 60.0 Å². The van der Waals surface area contributed by atoms with Gasteiger partial charge in [-0.15, -0.1) is 11.3 Å². The molecule has 0 aliphatic rings. The van der Waals surface area contributed by atoms with E-state index in [-0.39, 0.29) is 30.2 Å². The zero-order valence-electron chi connectivity index (χ0n) is 16.6. The third kappa shape index (κ3) is 5.99. The predicted octanol–water partition coefficient (Wildman–Crippen LogP) is 3.92. The van der Waals surface area contributed by atoms with E-state index in [1.165, 1.54) is 18.3 Å². The standard InChI is InChI=1S/C22H22N4O3S/c1-14(23-21(29)17-6-4-3-5-7-17)12-20(28)26-22-25-19(13-30-22)16-8-10-18(11-9-16)24-15(2)27/h3-11,13-14H,12H2,1-2H3,(H,23,29)(H,24,27)(H,25,26,28). The summed E-state index contributed by atoms with van der Waals surface area (Å²) >= 11 is 1.33. The van der Waals surface area contributed by atoms with E-state index >= 15 is 0 Å². The monoisotopic (exact) mass is 422 g/mol. The number of hydrogen-bond donors (Lipinski definition) is 3. The summed E-state index contributed by atoms with van der Waals surface area (Å²) in [5, 5.41) is 10.6. The summed E-state index contributed by atoms with van der Waals surface area (Å²) < 4.78 is 0. The van der Waals surface area contributed by atoms with Gasteiger partial charge in [0.1, 0.15) is 0 Å². The predicted molar refractivity (Wildman–Crippen MR) is 118 cm³/mol. The molecule has 0 aliphatic heterocycles. The summed E-state index contributed by atoms with van der Waals surface area (Å²) in [5.74, 6) is -0.566. The molecule has 7 nitrogen and oxygen atoms in total. The van der Waals surface area contributed by atoms with E-state index in [2.05, 4.69) is 20.9 Å². The minimum atomic E-state index is -0.321. The van der Waals surface area contributed by atoms with Gasteiger partial charge >= 0.3 is 0 Å². The fraction of sp³-hybridized carbons (Fsp3) is 0.182. The molecular weight excluding hydrogens is 400 g/mol. The highest BCUT2D eigenvalue weighted by molar-refractivity contribution is 7.14. The Morgan fingerprint density at radius 2 is 1.70 bits per heavy atom. The first-order valence-electron chi connectivity index (χ1n) is 9.40. The molecule has 0 fully saturated rings. The second kappa shape index (κ2) is 9.80. The van der Waals surface area contributed by atoms with Crippen molar-refractivity contribution in [1.82, 2.24) is 10.3 Å². The van der Waals surface area contributed by atoms with Gasteiger partial charge in [-0.3, -0.25) is 14.4 Å². The Bertz CT molecular complexity index is 1030. The molecule has 0 radical (unpaired) electrons. The van der Waals surface area contributed by atoms with Crippen molar-refractivity contribution in [2.75, 3.05) is 10.6 Å². The average Bonchev–Trinajstić information content (AvgIpc) is 3.16. The topological polar surface area (TPSA) is 100 Å². The summed E-state index contributed by atoms with van der Waals surface area (Å²) in [4.78, 5) is 40.0. The molecule has 0 saturated heterocycles. The van der Waals surface area contributed by atoms with Gasteiger partial charge in [-0.1, -0.05) is 30.3 Å². The van der Waals surface area contributed by atoms with Gasteiger partial charge < -0.3 is 16.0 Å². The molecule has 3 amide bonds. The van der Waals surface area contributed by atoms with Gasteiger partial charge in [0.2, 0.25) is 11.8 Å². The average molecular weight is 423 g/mol. The first-order valence-corrected chi connectivity index (χ1v) is 10.3. The number of nitrogens with one attached hydrogen (secondary N) is 3. The van der Waals surface area contributed by atoms with Gasteiger partial charge in [0.05, 0.1) is 5.69 Å². The maximum absolute atomic E-state index is 12.3. The fourth-order valence-corrected chi connectivity index (χ4v) is 3.52. The highest BCUT2D eigenvalue weighted by atomic mass is 32.1. The normalized spacial score (nSPS) is 11.4. The molecule has 30 heavy (non-hydrogen) atoms. The summed E-state index contributed by atoms with van der Waals surface area (Å²) in [5.41, 5.74) is 2.87. The molecule has 0 spiro atoms. The summed E-state index contributed by atoms with van der Waals surface area (Å²) in [6.45, 7) is 3.24. The number of carbonyl (C=O) groups excluding carboxylic acids is 3. The number of rotatable bonds is 7. The summed E-state index contributed by atoms with van der Waals surface area (Å²) in [7, 11) is 0. The zero-order chi connectivity index (χ0) is 21.5. The van der Waals surface area contributed by atoms with Crippen LogP contribution in [-0.4, -0.2) is 28.7 Å². The van der Waals surface area contributed by atoms with Gasteiger partial charge in [0.25, 0.3) is 5.91 Å². The second-order valence-corrected chi connectivity index (χ2v) is 7.65. The lowest BCUT2D eigenvalue weighted by atomic mass is 10.1. The fourth-order valence-electron chi connectivity index (χ4n) is 2.79. The number of hydrogen-bond acceptors (Lipinski definition) is 5. The molecule has 2 aromatic carbocycles. The van der Waals surface area contributed by atoms with Crippen LogP contribution in [0, 0.1) is 0 Å². The van der Waals surface area contributed by atoms with Crippen molar-refractivity contribution >= 4 is 39.9 Å². The number of anilines is 2. The van der Waals surface area contributed by atoms with Crippen molar-refractivity contribution in [3.8, 4) is 11.3 Å². The van der Waals surface area contributed by atoms with Crippen LogP contribution in [0.1, 0.15) is 30.6 Å². The second-order valence-electron chi connectivity index (χ2n) is 6.79. The van der Waals surface area contributed by atoms with E-state index in [4.69, 9.17) is 0 Å². The van der Waals surface area contributed by atoms with Crippen LogP contribution in [0.5, 0.6) is 0 Å². The smallest absolute Gasteiger partial charge is 0.251 e. The van der Waals surface area contributed by atoms with E-state index in [1.54, 1.807) is 43.3 Å². The first-order chi connectivity index (χ1) is 14.4. The molecule has 1 unspecified atom stereocenters. The molecule has 1 heterocycles. The van der Waals surface area contributed by atoms with Crippen LogP contribution in [0.2, 0.25) is 0 Å². The number of benzene rings is 2. The Kier molecular flexibility index (Phi) is 6.92. The molecule has 8 heteroatoms. The van der Waals surface area contributed by atoms with Gasteiger partial charge in [-0.2, -0.15) is 0 Å². The lowest BCUT2D eigenvalue weighted by Gasteiger charge is -2.13.